The van der Waals surface area contributed by atoms with Gasteiger partial charge in [0.05, 0.1) is 15.6 Å². The van der Waals surface area contributed by atoms with Crippen LogP contribution in [0.1, 0.15) is 6.92 Å². The highest BCUT2D eigenvalue weighted by atomic mass is 35.5. The third kappa shape index (κ3) is 2.10. The first-order valence-electron chi connectivity index (χ1n) is 4.50. The molecule has 0 aliphatic heterocycles. The number of aromatic nitrogens is 1. The molecule has 1 aromatic carbocycles. The van der Waals surface area contributed by atoms with Gasteiger partial charge in [0.1, 0.15) is 5.75 Å². The number of esters is 1. The Hall–Kier alpha value is -1.32. The third-order valence-electron chi connectivity index (χ3n) is 1.99. The monoisotopic (exact) mass is 255 g/mol. The van der Waals surface area contributed by atoms with Gasteiger partial charge in [-0.15, -0.1) is 0 Å². The number of halogens is 2. The van der Waals surface area contributed by atoms with Crippen molar-refractivity contribution in [3.63, 3.8) is 0 Å². The molecule has 2 aromatic rings. The van der Waals surface area contributed by atoms with Gasteiger partial charge in [0, 0.05) is 24.6 Å². The number of nitrogens with zero attached hydrogens (tertiary/aromatic N) is 1. The zero-order valence-corrected chi connectivity index (χ0v) is 9.84. The third-order valence-corrected chi connectivity index (χ3v) is 2.78. The maximum Gasteiger partial charge on any atom is 0.308 e. The summed E-state index contributed by atoms with van der Waals surface area (Å²) in [4.78, 5) is 14.9. The molecule has 1 aromatic heterocycles. The van der Waals surface area contributed by atoms with Crippen LogP contribution in [0.2, 0.25) is 10.0 Å². The molecule has 1 heterocycles. The van der Waals surface area contributed by atoms with E-state index in [9.17, 15) is 4.79 Å². The SMILES string of the molecule is CC(=O)Oc1ccc2c(Cl)c(Cl)cnc2c1. The van der Waals surface area contributed by atoms with Gasteiger partial charge in [-0.25, -0.2) is 0 Å². The smallest absolute Gasteiger partial charge is 0.308 e. The highest BCUT2D eigenvalue weighted by Crippen LogP contribution is 2.30. The quantitative estimate of drug-likeness (QED) is 0.579. The van der Waals surface area contributed by atoms with Crippen molar-refractivity contribution in [2.75, 3.05) is 0 Å². The van der Waals surface area contributed by atoms with Crippen molar-refractivity contribution in [3.8, 4) is 5.75 Å². The molecule has 0 N–H and O–H groups in total. The Morgan fingerprint density at radius 2 is 2.12 bits per heavy atom. The fraction of sp³-hybridized carbons (Fsp3) is 0.0909. The van der Waals surface area contributed by atoms with Crippen LogP contribution in [0.4, 0.5) is 0 Å². The van der Waals surface area contributed by atoms with Crippen molar-refractivity contribution < 1.29 is 9.53 Å². The normalized spacial score (nSPS) is 10.4. The fourth-order valence-electron chi connectivity index (χ4n) is 1.34. The summed E-state index contributed by atoms with van der Waals surface area (Å²) in [6, 6.07) is 5.00. The van der Waals surface area contributed by atoms with Gasteiger partial charge in [0.25, 0.3) is 0 Å². The zero-order valence-electron chi connectivity index (χ0n) is 8.33. The number of rotatable bonds is 1. The summed E-state index contributed by atoms with van der Waals surface area (Å²) in [5.41, 5.74) is 0.633. The van der Waals surface area contributed by atoms with Crippen LogP contribution < -0.4 is 4.74 Å². The largest absolute Gasteiger partial charge is 0.427 e. The molecule has 0 radical (unpaired) electrons. The predicted octanol–water partition coefficient (Wildman–Crippen LogP) is 3.47. The van der Waals surface area contributed by atoms with E-state index in [1.165, 1.54) is 13.1 Å². The van der Waals surface area contributed by atoms with E-state index in [1.54, 1.807) is 18.2 Å². The molecule has 0 fully saturated rings. The standard InChI is InChI=1S/C11H7Cl2NO2/c1-6(15)16-7-2-3-8-10(4-7)14-5-9(12)11(8)13/h2-5H,1H3. The van der Waals surface area contributed by atoms with E-state index in [-0.39, 0.29) is 5.97 Å². The number of carbonyl (C=O) groups excluding carboxylic acids is 1. The van der Waals surface area contributed by atoms with Crippen molar-refractivity contribution in [2.45, 2.75) is 6.92 Å². The van der Waals surface area contributed by atoms with Gasteiger partial charge in [0.15, 0.2) is 0 Å². The summed E-state index contributed by atoms with van der Waals surface area (Å²) in [7, 11) is 0. The Kier molecular flexibility index (Phi) is 2.99. The van der Waals surface area contributed by atoms with Crippen molar-refractivity contribution in [1.29, 1.82) is 0 Å². The van der Waals surface area contributed by atoms with Gasteiger partial charge in [-0.05, 0) is 12.1 Å². The van der Waals surface area contributed by atoms with Gasteiger partial charge in [-0.2, -0.15) is 0 Å². The Bertz CT molecular complexity index is 569. The minimum absolute atomic E-state index is 0.376. The van der Waals surface area contributed by atoms with Gasteiger partial charge in [-0.1, -0.05) is 23.2 Å². The van der Waals surface area contributed by atoms with E-state index >= 15 is 0 Å². The Morgan fingerprint density at radius 1 is 1.38 bits per heavy atom. The van der Waals surface area contributed by atoms with Crippen molar-refractivity contribution in [1.82, 2.24) is 4.98 Å². The van der Waals surface area contributed by atoms with Gasteiger partial charge < -0.3 is 4.74 Å². The van der Waals surface area contributed by atoms with Crippen molar-refractivity contribution >= 4 is 40.1 Å². The topological polar surface area (TPSA) is 39.2 Å². The number of benzene rings is 1. The number of ether oxygens (including phenoxy) is 1. The highest BCUT2D eigenvalue weighted by Gasteiger charge is 2.06. The number of carbonyl (C=O) groups is 1. The summed E-state index contributed by atoms with van der Waals surface area (Å²) >= 11 is 11.8. The number of hydrogen-bond acceptors (Lipinski definition) is 3. The number of pyridine rings is 1. The molecule has 0 unspecified atom stereocenters. The van der Waals surface area contributed by atoms with E-state index in [1.807, 2.05) is 0 Å². The van der Waals surface area contributed by atoms with Gasteiger partial charge >= 0.3 is 5.97 Å². The van der Waals surface area contributed by atoms with Crippen LogP contribution in [0.15, 0.2) is 24.4 Å². The van der Waals surface area contributed by atoms with Gasteiger partial charge in [0.2, 0.25) is 0 Å². The molecule has 82 valence electrons. The lowest BCUT2D eigenvalue weighted by atomic mass is 10.2. The van der Waals surface area contributed by atoms with E-state index in [4.69, 9.17) is 27.9 Å². The predicted molar refractivity (Wildman–Crippen MR) is 63.1 cm³/mol. The molecule has 2 rings (SSSR count). The van der Waals surface area contributed by atoms with E-state index in [2.05, 4.69) is 4.98 Å². The molecule has 0 saturated heterocycles. The second-order valence-electron chi connectivity index (χ2n) is 3.19. The molecule has 5 heteroatoms. The average molecular weight is 256 g/mol. The molecule has 0 aliphatic carbocycles. The maximum absolute atomic E-state index is 10.8. The minimum Gasteiger partial charge on any atom is -0.427 e. The van der Waals surface area contributed by atoms with Crippen LogP contribution in [0.25, 0.3) is 10.9 Å². The molecule has 0 bridgehead atoms. The second kappa shape index (κ2) is 4.28. The zero-order chi connectivity index (χ0) is 11.7. The average Bonchev–Trinajstić information content (AvgIpc) is 2.23. The first-order chi connectivity index (χ1) is 7.58. The maximum atomic E-state index is 10.8. The highest BCUT2D eigenvalue weighted by molar-refractivity contribution is 6.45. The fourth-order valence-corrected chi connectivity index (χ4v) is 1.70. The molecular formula is C11H7Cl2NO2. The molecule has 16 heavy (non-hydrogen) atoms. The Morgan fingerprint density at radius 3 is 2.81 bits per heavy atom. The minimum atomic E-state index is -0.376. The van der Waals surface area contributed by atoms with E-state index < -0.39 is 0 Å². The van der Waals surface area contributed by atoms with Crippen LogP contribution >= 0.6 is 23.2 Å². The number of fused-ring (bicyclic) bond motifs is 1. The Labute approximate surface area is 102 Å². The summed E-state index contributed by atoms with van der Waals surface area (Å²) in [6.45, 7) is 1.34. The lowest BCUT2D eigenvalue weighted by Crippen LogP contribution is -2.01. The first-order valence-corrected chi connectivity index (χ1v) is 5.25. The molecule has 0 amide bonds. The summed E-state index contributed by atoms with van der Waals surface area (Å²) in [5, 5.41) is 1.57. The molecular weight excluding hydrogens is 249 g/mol. The summed E-state index contributed by atoms with van der Waals surface area (Å²) in [5.74, 6) is 0.0605. The second-order valence-corrected chi connectivity index (χ2v) is 3.98. The number of hydrogen-bond donors (Lipinski definition) is 0. The van der Waals surface area contributed by atoms with Crippen LogP contribution in [-0.4, -0.2) is 11.0 Å². The molecule has 0 aliphatic rings. The van der Waals surface area contributed by atoms with Crippen molar-refractivity contribution in [3.05, 3.63) is 34.4 Å². The first kappa shape index (κ1) is 11.2. The Balaban J connectivity index is 2.56. The lowest BCUT2D eigenvalue weighted by Gasteiger charge is -2.04. The molecule has 0 saturated carbocycles. The van der Waals surface area contributed by atoms with E-state index in [0.717, 1.165) is 5.39 Å². The molecule has 3 nitrogen and oxygen atoms in total. The van der Waals surface area contributed by atoms with Crippen LogP contribution in [-0.2, 0) is 4.79 Å². The van der Waals surface area contributed by atoms with Crippen LogP contribution in [0.5, 0.6) is 5.75 Å². The van der Waals surface area contributed by atoms with Crippen LogP contribution in [0, 0.1) is 0 Å². The molecule has 0 spiro atoms. The molecule has 0 atom stereocenters. The summed E-state index contributed by atoms with van der Waals surface area (Å²) < 4.78 is 4.94. The van der Waals surface area contributed by atoms with Gasteiger partial charge in [-0.3, -0.25) is 9.78 Å². The lowest BCUT2D eigenvalue weighted by molar-refractivity contribution is -0.131. The van der Waals surface area contributed by atoms with Crippen molar-refractivity contribution in [2.24, 2.45) is 0 Å². The van der Waals surface area contributed by atoms with Crippen LogP contribution in [0.3, 0.4) is 0 Å². The van der Waals surface area contributed by atoms with E-state index in [0.29, 0.717) is 21.3 Å². The summed E-state index contributed by atoms with van der Waals surface area (Å²) in [6.07, 6.45) is 1.46.